The number of hydrogen-bond acceptors (Lipinski definition) is 5. The van der Waals surface area contributed by atoms with Crippen LogP contribution in [0.1, 0.15) is 51.9 Å². The summed E-state index contributed by atoms with van der Waals surface area (Å²) < 4.78 is 6.01. The molecule has 0 aromatic carbocycles. The van der Waals surface area contributed by atoms with E-state index in [9.17, 15) is 14.7 Å². The molecule has 0 spiro atoms. The molecule has 28 heavy (non-hydrogen) atoms. The van der Waals surface area contributed by atoms with Gasteiger partial charge >= 0.3 is 0 Å². The Kier molecular flexibility index (Phi) is 8.79. The largest absolute Gasteiger partial charge is 0.364 e. The summed E-state index contributed by atoms with van der Waals surface area (Å²) in [4.78, 5) is 24.0. The zero-order valence-electron chi connectivity index (χ0n) is 16.6. The molecular formula is C21H32N2O4S. The molecule has 2 amide bonds. The van der Waals surface area contributed by atoms with Crippen molar-refractivity contribution >= 4 is 22.9 Å². The lowest BCUT2D eigenvalue weighted by atomic mass is 9.90. The van der Waals surface area contributed by atoms with Crippen molar-refractivity contribution in [1.29, 1.82) is 0 Å². The smallest absolute Gasteiger partial charge is 0.279 e. The molecule has 0 radical (unpaired) electrons. The number of aliphatic hydroxyl groups is 1. The summed E-state index contributed by atoms with van der Waals surface area (Å²) in [5.41, 5.74) is 0.988. The number of thioether (sulfide) groups is 1. The third-order valence-electron chi connectivity index (χ3n) is 5.08. The molecule has 0 aromatic rings. The lowest BCUT2D eigenvalue weighted by Crippen LogP contribution is -2.60. The number of carbonyl (C=O) groups excluding carboxylic acids is 2. The zero-order chi connectivity index (χ0) is 20.6. The minimum Gasteiger partial charge on any atom is -0.364 e. The van der Waals surface area contributed by atoms with Crippen molar-refractivity contribution in [3.8, 4) is 0 Å². The van der Waals surface area contributed by atoms with Gasteiger partial charge in [-0.2, -0.15) is 0 Å². The van der Waals surface area contributed by atoms with E-state index in [1.54, 1.807) is 6.08 Å². The number of rotatable bonds is 10. The number of hydrogen-bond donors (Lipinski definition) is 3. The number of allylic oxidation sites excluding steroid dienone is 3. The Morgan fingerprint density at radius 3 is 2.82 bits per heavy atom. The summed E-state index contributed by atoms with van der Waals surface area (Å²) in [6, 6.07) is -0.692. The number of amides is 2. The van der Waals surface area contributed by atoms with Crippen LogP contribution in [0.25, 0.3) is 0 Å². The number of nitrogens with one attached hydrogen (secondary N) is 2. The summed E-state index contributed by atoms with van der Waals surface area (Å²) in [6.45, 7) is 9.36. The molecule has 0 bridgehead atoms. The Labute approximate surface area is 171 Å². The van der Waals surface area contributed by atoms with E-state index in [1.165, 1.54) is 0 Å². The first-order valence-electron chi connectivity index (χ1n) is 9.89. The quantitative estimate of drug-likeness (QED) is 0.293. The molecule has 4 atom stereocenters. The van der Waals surface area contributed by atoms with Gasteiger partial charge in [0.2, 0.25) is 5.91 Å². The van der Waals surface area contributed by atoms with E-state index in [1.807, 2.05) is 19.1 Å². The van der Waals surface area contributed by atoms with E-state index >= 15 is 0 Å². The van der Waals surface area contributed by atoms with Crippen LogP contribution in [-0.4, -0.2) is 46.0 Å². The highest BCUT2D eigenvalue weighted by Crippen LogP contribution is 2.35. The van der Waals surface area contributed by atoms with Gasteiger partial charge in [0.15, 0.2) is 5.79 Å². The molecular weight excluding hydrogens is 376 g/mol. The van der Waals surface area contributed by atoms with Gasteiger partial charge in [-0.25, -0.2) is 0 Å². The predicted molar refractivity (Wildman–Crippen MR) is 113 cm³/mol. The highest BCUT2D eigenvalue weighted by Gasteiger charge is 2.48. The van der Waals surface area contributed by atoms with Gasteiger partial charge < -0.3 is 20.5 Å². The van der Waals surface area contributed by atoms with E-state index in [4.69, 9.17) is 4.74 Å². The maximum atomic E-state index is 12.4. The predicted octanol–water partition coefficient (Wildman–Crippen LogP) is 3.43. The average Bonchev–Trinajstić information content (AvgIpc) is 3.07. The first kappa shape index (κ1) is 22.7. The highest BCUT2D eigenvalue weighted by molar-refractivity contribution is 8.14. The average molecular weight is 409 g/mol. The fourth-order valence-electron chi connectivity index (χ4n) is 3.64. The molecule has 7 heteroatoms. The van der Waals surface area contributed by atoms with Gasteiger partial charge in [0.1, 0.15) is 0 Å². The maximum Gasteiger partial charge on any atom is 0.279 e. The SMILES string of the molecule is C=CCCCC1CC(NC(=O)/C=C(/C)CCC=C)CC(O)(C2CSC(=O)N2)O1. The molecule has 2 aliphatic heterocycles. The molecule has 156 valence electrons. The van der Waals surface area contributed by atoms with E-state index in [0.29, 0.717) is 12.2 Å². The second-order valence-corrected chi connectivity index (χ2v) is 8.56. The summed E-state index contributed by atoms with van der Waals surface area (Å²) in [5.74, 6) is -1.18. The highest BCUT2D eigenvalue weighted by atomic mass is 32.2. The summed E-state index contributed by atoms with van der Waals surface area (Å²) in [7, 11) is 0. The molecule has 3 N–H and O–H groups in total. The lowest BCUT2D eigenvalue weighted by molar-refractivity contribution is -0.269. The second kappa shape index (κ2) is 10.8. The molecule has 4 unspecified atom stereocenters. The number of carbonyl (C=O) groups is 2. The van der Waals surface area contributed by atoms with Gasteiger partial charge in [-0.3, -0.25) is 9.59 Å². The van der Waals surface area contributed by atoms with Gasteiger partial charge in [-0.15, -0.1) is 13.2 Å². The van der Waals surface area contributed by atoms with E-state index in [2.05, 4.69) is 23.8 Å². The fraction of sp³-hybridized carbons (Fsp3) is 0.619. The van der Waals surface area contributed by atoms with Gasteiger partial charge in [0.05, 0.1) is 12.1 Å². The Balaban J connectivity index is 2.04. The fourth-order valence-corrected chi connectivity index (χ4v) is 4.52. The first-order chi connectivity index (χ1) is 13.4. The standard InChI is InChI=1S/C21H32N2O4S/c1-4-6-8-10-17-12-16(22-19(24)11-15(3)9-7-5-2)13-21(26,27-17)18-14-28-20(25)23-18/h4-5,11,16-18,26H,1-2,6-10,12-14H2,3H3,(H,22,24)(H,23,25)/b15-11-. The number of ether oxygens (including phenoxy) is 1. The lowest BCUT2D eigenvalue weighted by Gasteiger charge is -2.44. The topological polar surface area (TPSA) is 87.7 Å². The van der Waals surface area contributed by atoms with Crippen LogP contribution < -0.4 is 10.6 Å². The Bertz CT molecular complexity index is 622. The maximum absolute atomic E-state index is 12.4. The molecule has 2 heterocycles. The molecule has 2 fully saturated rings. The summed E-state index contributed by atoms with van der Waals surface area (Å²) in [5, 5.41) is 16.8. The van der Waals surface area contributed by atoms with Crippen LogP contribution in [0.5, 0.6) is 0 Å². The first-order valence-corrected chi connectivity index (χ1v) is 10.9. The molecule has 0 aromatic heterocycles. The third-order valence-corrected chi connectivity index (χ3v) is 5.96. The van der Waals surface area contributed by atoms with Gasteiger partial charge in [0, 0.05) is 24.3 Å². The molecule has 2 rings (SSSR count). The minimum atomic E-state index is -1.48. The van der Waals surface area contributed by atoms with Gasteiger partial charge in [-0.05, 0) is 45.4 Å². The van der Waals surface area contributed by atoms with E-state index in [0.717, 1.165) is 49.4 Å². The van der Waals surface area contributed by atoms with Crippen LogP contribution in [0.2, 0.25) is 0 Å². The van der Waals surface area contributed by atoms with E-state index in [-0.39, 0.29) is 29.7 Å². The third kappa shape index (κ3) is 6.79. The molecule has 0 saturated carbocycles. The Morgan fingerprint density at radius 2 is 2.18 bits per heavy atom. The van der Waals surface area contributed by atoms with Crippen molar-refractivity contribution in [2.45, 2.75) is 75.8 Å². The van der Waals surface area contributed by atoms with Crippen LogP contribution in [0.4, 0.5) is 4.79 Å². The van der Waals surface area contributed by atoms with Crippen LogP contribution >= 0.6 is 11.8 Å². The normalized spacial score (nSPS) is 30.6. The van der Waals surface area contributed by atoms with Crippen molar-refractivity contribution in [3.63, 3.8) is 0 Å². The zero-order valence-corrected chi connectivity index (χ0v) is 17.4. The number of unbranched alkanes of at least 4 members (excludes halogenated alkanes) is 1. The van der Waals surface area contributed by atoms with Crippen molar-refractivity contribution in [1.82, 2.24) is 10.6 Å². The van der Waals surface area contributed by atoms with Crippen LogP contribution in [-0.2, 0) is 9.53 Å². The molecule has 2 saturated heterocycles. The van der Waals surface area contributed by atoms with Crippen molar-refractivity contribution in [2.75, 3.05) is 5.75 Å². The molecule has 2 aliphatic rings. The van der Waals surface area contributed by atoms with Crippen LogP contribution in [0.3, 0.4) is 0 Å². The van der Waals surface area contributed by atoms with Gasteiger partial charge in [0.25, 0.3) is 5.24 Å². The molecule has 6 nitrogen and oxygen atoms in total. The van der Waals surface area contributed by atoms with Crippen molar-refractivity contribution in [3.05, 3.63) is 37.0 Å². The summed E-state index contributed by atoms with van der Waals surface area (Å²) >= 11 is 1.14. The monoisotopic (exact) mass is 408 g/mol. The Morgan fingerprint density at radius 1 is 1.43 bits per heavy atom. The summed E-state index contributed by atoms with van der Waals surface area (Å²) in [6.07, 6.45) is 10.2. The van der Waals surface area contributed by atoms with Gasteiger partial charge in [-0.1, -0.05) is 29.5 Å². The van der Waals surface area contributed by atoms with Crippen molar-refractivity contribution < 1.29 is 19.4 Å². The minimum absolute atomic E-state index is 0.155. The molecule has 0 aliphatic carbocycles. The second-order valence-electron chi connectivity index (χ2n) is 7.56. The Hall–Kier alpha value is -1.57. The van der Waals surface area contributed by atoms with Crippen LogP contribution in [0, 0.1) is 0 Å². The van der Waals surface area contributed by atoms with Crippen molar-refractivity contribution in [2.24, 2.45) is 0 Å². The van der Waals surface area contributed by atoms with Crippen LogP contribution in [0.15, 0.2) is 37.0 Å². The van der Waals surface area contributed by atoms with E-state index < -0.39 is 11.8 Å².